The van der Waals surface area contributed by atoms with Crippen LogP contribution >= 0.6 is 11.6 Å². The minimum absolute atomic E-state index is 0.116. The number of carbonyl (C=O) groups is 2. The van der Waals surface area contributed by atoms with E-state index in [9.17, 15) is 14.7 Å². The Morgan fingerprint density at radius 2 is 1.74 bits per heavy atom. The molecular weight excluding hydrogens is 318 g/mol. The Kier molecular flexibility index (Phi) is 3.80. The van der Waals surface area contributed by atoms with Crippen molar-refractivity contribution in [2.24, 2.45) is 0 Å². The van der Waals surface area contributed by atoms with E-state index in [1.807, 2.05) is 0 Å². The number of carboxylic acid groups (broad SMARTS) is 2. The maximum Gasteiger partial charge on any atom is 0.335 e. The first-order valence-corrected chi connectivity index (χ1v) is 7.19. The van der Waals surface area contributed by atoms with E-state index in [-0.39, 0.29) is 12.0 Å². The Balaban J connectivity index is 2.25. The van der Waals surface area contributed by atoms with E-state index in [2.05, 4.69) is 4.98 Å². The molecule has 6 heteroatoms. The number of aromatic amines is 1. The number of hydrogen-bond donors (Lipinski definition) is 3. The molecule has 0 unspecified atom stereocenters. The highest BCUT2D eigenvalue weighted by Gasteiger charge is 2.17. The Labute approximate surface area is 136 Å². The number of nitrogens with one attached hydrogen (secondary N) is 1. The van der Waals surface area contributed by atoms with Crippen LogP contribution in [0.15, 0.2) is 42.5 Å². The van der Waals surface area contributed by atoms with Crippen molar-refractivity contribution in [1.29, 1.82) is 0 Å². The molecule has 3 aromatic rings. The highest BCUT2D eigenvalue weighted by Crippen LogP contribution is 2.32. The fourth-order valence-corrected chi connectivity index (χ4v) is 2.70. The fraction of sp³-hybridized carbons (Fsp3) is 0.0588. The van der Waals surface area contributed by atoms with Crippen LogP contribution in [0.5, 0.6) is 0 Å². The Bertz CT molecular complexity index is 912. The lowest BCUT2D eigenvalue weighted by atomic mass is 10.0. The molecule has 0 fully saturated rings. The number of carboxylic acids is 2. The molecule has 116 valence electrons. The lowest BCUT2D eigenvalue weighted by Gasteiger charge is -2.03. The molecule has 2 aromatic carbocycles. The second-order valence-electron chi connectivity index (χ2n) is 5.12. The van der Waals surface area contributed by atoms with Crippen LogP contribution in [-0.2, 0) is 11.2 Å². The maximum absolute atomic E-state index is 11.2. The molecule has 0 saturated carbocycles. The van der Waals surface area contributed by atoms with E-state index < -0.39 is 11.9 Å². The highest BCUT2D eigenvalue weighted by atomic mass is 35.5. The predicted octanol–water partition coefficient (Wildman–Crippen LogP) is 3.81. The zero-order valence-corrected chi connectivity index (χ0v) is 12.6. The highest BCUT2D eigenvalue weighted by molar-refractivity contribution is 6.30. The van der Waals surface area contributed by atoms with Crippen molar-refractivity contribution in [3.8, 4) is 11.3 Å². The van der Waals surface area contributed by atoms with E-state index in [0.717, 1.165) is 5.56 Å². The van der Waals surface area contributed by atoms with Crippen LogP contribution in [0.4, 0.5) is 0 Å². The van der Waals surface area contributed by atoms with Crippen molar-refractivity contribution in [2.45, 2.75) is 6.42 Å². The number of fused-ring (bicyclic) bond motifs is 1. The van der Waals surface area contributed by atoms with Gasteiger partial charge >= 0.3 is 11.9 Å². The quantitative estimate of drug-likeness (QED) is 0.678. The molecular formula is C17H12ClNO4. The van der Waals surface area contributed by atoms with Gasteiger partial charge in [0, 0.05) is 15.9 Å². The summed E-state index contributed by atoms with van der Waals surface area (Å²) in [7, 11) is 0. The summed E-state index contributed by atoms with van der Waals surface area (Å²) < 4.78 is 0. The number of rotatable bonds is 4. The second kappa shape index (κ2) is 5.78. The minimum Gasteiger partial charge on any atom is -0.481 e. The topological polar surface area (TPSA) is 90.4 Å². The summed E-state index contributed by atoms with van der Waals surface area (Å²) in [4.78, 5) is 25.5. The molecule has 0 bridgehead atoms. The van der Waals surface area contributed by atoms with Gasteiger partial charge in [-0.25, -0.2) is 4.79 Å². The molecule has 0 aliphatic heterocycles. The Morgan fingerprint density at radius 1 is 1.04 bits per heavy atom. The molecule has 1 heterocycles. The van der Waals surface area contributed by atoms with Gasteiger partial charge in [-0.1, -0.05) is 23.7 Å². The molecule has 3 rings (SSSR count). The number of hydrogen-bond acceptors (Lipinski definition) is 2. The van der Waals surface area contributed by atoms with Gasteiger partial charge in [-0.05, 0) is 41.5 Å². The Morgan fingerprint density at radius 3 is 2.35 bits per heavy atom. The van der Waals surface area contributed by atoms with Gasteiger partial charge in [0.05, 0.1) is 17.7 Å². The average Bonchev–Trinajstić information content (AvgIpc) is 2.85. The molecule has 23 heavy (non-hydrogen) atoms. The number of aliphatic carboxylic acids is 1. The normalized spacial score (nSPS) is 10.8. The zero-order valence-electron chi connectivity index (χ0n) is 11.8. The van der Waals surface area contributed by atoms with Gasteiger partial charge in [0.15, 0.2) is 0 Å². The van der Waals surface area contributed by atoms with E-state index in [1.54, 1.807) is 30.3 Å². The first-order chi connectivity index (χ1) is 11.0. The number of halogens is 1. The summed E-state index contributed by atoms with van der Waals surface area (Å²) >= 11 is 5.89. The maximum atomic E-state index is 11.2. The lowest BCUT2D eigenvalue weighted by molar-refractivity contribution is -0.136. The molecule has 0 spiro atoms. The largest absolute Gasteiger partial charge is 0.481 e. The molecule has 1 aromatic heterocycles. The summed E-state index contributed by atoms with van der Waals surface area (Å²) in [6.45, 7) is 0. The monoisotopic (exact) mass is 329 g/mol. The van der Waals surface area contributed by atoms with Crippen molar-refractivity contribution in [1.82, 2.24) is 4.98 Å². The second-order valence-corrected chi connectivity index (χ2v) is 5.56. The third-order valence-electron chi connectivity index (χ3n) is 3.61. The van der Waals surface area contributed by atoms with Crippen LogP contribution in [0.1, 0.15) is 15.9 Å². The predicted molar refractivity (Wildman–Crippen MR) is 87.0 cm³/mol. The molecule has 0 saturated heterocycles. The van der Waals surface area contributed by atoms with Gasteiger partial charge < -0.3 is 15.2 Å². The lowest BCUT2D eigenvalue weighted by Crippen LogP contribution is -2.01. The van der Waals surface area contributed by atoms with Gasteiger partial charge in [-0.3, -0.25) is 4.79 Å². The van der Waals surface area contributed by atoms with Crippen LogP contribution in [0, 0.1) is 0 Å². The summed E-state index contributed by atoms with van der Waals surface area (Å²) in [5.41, 5.74) is 2.81. The van der Waals surface area contributed by atoms with Crippen LogP contribution in [0.3, 0.4) is 0 Å². The Hall–Kier alpha value is -2.79. The van der Waals surface area contributed by atoms with E-state index >= 15 is 0 Å². The molecule has 0 amide bonds. The third-order valence-corrected chi connectivity index (χ3v) is 3.87. The summed E-state index contributed by atoms with van der Waals surface area (Å²) in [5, 5.41) is 19.5. The summed E-state index contributed by atoms with van der Waals surface area (Å²) in [6, 6.07) is 11.6. The third kappa shape index (κ3) is 2.91. The molecule has 3 N–H and O–H groups in total. The molecule has 0 aliphatic carbocycles. The summed E-state index contributed by atoms with van der Waals surface area (Å²) in [5.74, 6) is -2.04. The van der Waals surface area contributed by atoms with Crippen molar-refractivity contribution >= 4 is 34.4 Å². The number of H-pyrrole nitrogens is 1. The first-order valence-electron chi connectivity index (χ1n) is 6.81. The van der Waals surface area contributed by atoms with Crippen LogP contribution in [0.2, 0.25) is 5.02 Å². The van der Waals surface area contributed by atoms with E-state index in [4.69, 9.17) is 16.7 Å². The van der Waals surface area contributed by atoms with Crippen molar-refractivity contribution in [3.63, 3.8) is 0 Å². The molecule has 0 aliphatic rings. The minimum atomic E-state index is -1.05. The zero-order chi connectivity index (χ0) is 16.6. The van der Waals surface area contributed by atoms with Crippen molar-refractivity contribution in [2.75, 3.05) is 0 Å². The van der Waals surface area contributed by atoms with E-state index in [0.29, 0.717) is 27.2 Å². The summed E-state index contributed by atoms with van der Waals surface area (Å²) in [6.07, 6.45) is -0.207. The van der Waals surface area contributed by atoms with Crippen LogP contribution in [-0.4, -0.2) is 27.1 Å². The van der Waals surface area contributed by atoms with Crippen molar-refractivity contribution < 1.29 is 19.8 Å². The van der Waals surface area contributed by atoms with Gasteiger partial charge in [-0.2, -0.15) is 0 Å². The standard InChI is InChI=1S/C17H12ClNO4/c18-11-4-1-9(2-5-11)16-13(8-15(20)21)12-7-10(17(22)23)3-6-14(12)19-16/h1-7,19H,8H2,(H,20,21)(H,22,23). The smallest absolute Gasteiger partial charge is 0.335 e. The molecule has 0 radical (unpaired) electrons. The van der Waals surface area contributed by atoms with Gasteiger partial charge in [0.25, 0.3) is 0 Å². The van der Waals surface area contributed by atoms with Crippen molar-refractivity contribution in [3.05, 3.63) is 58.6 Å². The average molecular weight is 330 g/mol. The molecule has 0 atom stereocenters. The first kappa shape index (κ1) is 15.1. The van der Waals surface area contributed by atoms with Gasteiger partial charge in [-0.15, -0.1) is 0 Å². The van der Waals surface area contributed by atoms with Crippen LogP contribution in [0.25, 0.3) is 22.2 Å². The number of aromatic carboxylic acids is 1. The fourth-order valence-electron chi connectivity index (χ4n) is 2.58. The number of aromatic nitrogens is 1. The SMILES string of the molecule is O=C(O)Cc1c(-c2ccc(Cl)cc2)[nH]c2ccc(C(=O)O)cc12. The molecule has 5 nitrogen and oxygen atoms in total. The van der Waals surface area contributed by atoms with Gasteiger partial charge in [0.1, 0.15) is 0 Å². The van der Waals surface area contributed by atoms with Crippen LogP contribution < -0.4 is 0 Å². The van der Waals surface area contributed by atoms with E-state index in [1.165, 1.54) is 12.1 Å². The number of benzene rings is 2. The van der Waals surface area contributed by atoms with Gasteiger partial charge in [0.2, 0.25) is 0 Å².